The highest BCUT2D eigenvalue weighted by molar-refractivity contribution is 5.98. The predicted octanol–water partition coefficient (Wildman–Crippen LogP) is 1.36. The molecule has 1 saturated heterocycles. The Morgan fingerprint density at radius 3 is 2.57 bits per heavy atom. The van der Waals surface area contributed by atoms with Crippen molar-refractivity contribution in [3.63, 3.8) is 0 Å². The van der Waals surface area contributed by atoms with Gasteiger partial charge < -0.3 is 9.64 Å². The van der Waals surface area contributed by atoms with Gasteiger partial charge in [0.15, 0.2) is 5.82 Å². The van der Waals surface area contributed by atoms with Crippen LogP contribution in [0.2, 0.25) is 0 Å². The summed E-state index contributed by atoms with van der Waals surface area (Å²) in [6.45, 7) is 1.76. The molecule has 1 aromatic heterocycles. The van der Waals surface area contributed by atoms with Crippen molar-refractivity contribution in [1.29, 1.82) is 0 Å². The molecule has 1 fully saturated rings. The highest BCUT2D eigenvalue weighted by Crippen LogP contribution is 2.26. The molecule has 0 radical (unpaired) electrons. The van der Waals surface area contributed by atoms with Crippen LogP contribution in [0.15, 0.2) is 30.5 Å². The SMILES string of the molecule is COc1ccc(-c2ncc(C(=O)NN)c(N3CCCC3)n2)cc1. The first-order chi connectivity index (χ1) is 11.2. The summed E-state index contributed by atoms with van der Waals surface area (Å²) in [5.74, 6) is 6.86. The molecule has 1 aromatic carbocycles. The minimum atomic E-state index is -0.381. The average Bonchev–Trinajstić information content (AvgIpc) is 3.15. The predicted molar refractivity (Wildman–Crippen MR) is 87.1 cm³/mol. The van der Waals surface area contributed by atoms with Gasteiger partial charge in [0.05, 0.1) is 7.11 Å². The van der Waals surface area contributed by atoms with Crippen LogP contribution in [-0.4, -0.2) is 36.1 Å². The number of rotatable bonds is 4. The maximum Gasteiger partial charge on any atom is 0.270 e. The van der Waals surface area contributed by atoms with Gasteiger partial charge in [0.25, 0.3) is 5.91 Å². The number of methoxy groups -OCH3 is 1. The van der Waals surface area contributed by atoms with Crippen molar-refractivity contribution in [3.05, 3.63) is 36.0 Å². The van der Waals surface area contributed by atoms with Crippen LogP contribution in [0.3, 0.4) is 0 Å². The third-order valence-corrected chi connectivity index (χ3v) is 3.90. The van der Waals surface area contributed by atoms with Gasteiger partial charge in [-0.15, -0.1) is 0 Å². The third-order valence-electron chi connectivity index (χ3n) is 3.90. The van der Waals surface area contributed by atoms with Crippen molar-refractivity contribution >= 4 is 11.7 Å². The molecule has 0 bridgehead atoms. The van der Waals surface area contributed by atoms with Crippen LogP contribution >= 0.6 is 0 Å². The van der Waals surface area contributed by atoms with Gasteiger partial charge in [0.2, 0.25) is 0 Å². The average molecular weight is 313 g/mol. The number of carbonyl (C=O) groups excluding carboxylic acids is 1. The Morgan fingerprint density at radius 1 is 1.26 bits per heavy atom. The molecule has 1 aliphatic rings. The van der Waals surface area contributed by atoms with E-state index in [0.717, 1.165) is 37.2 Å². The summed E-state index contributed by atoms with van der Waals surface area (Å²) in [5.41, 5.74) is 3.42. The lowest BCUT2D eigenvalue weighted by atomic mass is 10.2. The summed E-state index contributed by atoms with van der Waals surface area (Å²) in [6, 6.07) is 7.50. The molecular weight excluding hydrogens is 294 g/mol. The zero-order valence-corrected chi connectivity index (χ0v) is 13.0. The number of benzene rings is 1. The number of nitrogen functional groups attached to an aromatic ring is 1. The summed E-state index contributed by atoms with van der Waals surface area (Å²) >= 11 is 0. The molecule has 1 aliphatic heterocycles. The second-order valence-electron chi connectivity index (χ2n) is 5.33. The Morgan fingerprint density at radius 2 is 1.96 bits per heavy atom. The summed E-state index contributed by atoms with van der Waals surface area (Å²) < 4.78 is 5.16. The molecule has 0 atom stereocenters. The van der Waals surface area contributed by atoms with E-state index in [1.165, 1.54) is 6.20 Å². The molecule has 0 unspecified atom stereocenters. The summed E-state index contributed by atoms with van der Waals surface area (Å²) in [6.07, 6.45) is 3.71. The first-order valence-corrected chi connectivity index (χ1v) is 7.50. The fraction of sp³-hybridized carbons (Fsp3) is 0.312. The Kier molecular flexibility index (Phi) is 4.38. The number of hydrazine groups is 1. The van der Waals surface area contributed by atoms with E-state index >= 15 is 0 Å². The molecule has 120 valence electrons. The number of carbonyl (C=O) groups is 1. The molecule has 7 heteroatoms. The summed E-state index contributed by atoms with van der Waals surface area (Å²) in [5, 5.41) is 0. The minimum absolute atomic E-state index is 0.381. The van der Waals surface area contributed by atoms with Crippen LogP contribution in [0, 0.1) is 0 Å². The highest BCUT2D eigenvalue weighted by Gasteiger charge is 2.22. The normalized spacial score (nSPS) is 13.9. The van der Waals surface area contributed by atoms with Gasteiger partial charge in [-0.05, 0) is 37.1 Å². The molecule has 2 heterocycles. The zero-order valence-electron chi connectivity index (χ0n) is 13.0. The number of ether oxygens (including phenoxy) is 1. The fourth-order valence-electron chi connectivity index (χ4n) is 2.66. The number of nitrogens with one attached hydrogen (secondary N) is 1. The van der Waals surface area contributed by atoms with Crippen molar-refractivity contribution < 1.29 is 9.53 Å². The van der Waals surface area contributed by atoms with Crippen molar-refractivity contribution in [2.24, 2.45) is 5.84 Å². The van der Waals surface area contributed by atoms with E-state index in [-0.39, 0.29) is 5.91 Å². The largest absolute Gasteiger partial charge is 0.497 e. The van der Waals surface area contributed by atoms with Gasteiger partial charge in [0, 0.05) is 24.8 Å². The summed E-state index contributed by atoms with van der Waals surface area (Å²) in [7, 11) is 1.62. The lowest BCUT2D eigenvalue weighted by Gasteiger charge is -2.19. The van der Waals surface area contributed by atoms with E-state index in [2.05, 4.69) is 20.3 Å². The molecule has 23 heavy (non-hydrogen) atoms. The van der Waals surface area contributed by atoms with E-state index in [0.29, 0.717) is 17.2 Å². The lowest BCUT2D eigenvalue weighted by molar-refractivity contribution is 0.0953. The Balaban J connectivity index is 2.01. The minimum Gasteiger partial charge on any atom is -0.497 e. The van der Waals surface area contributed by atoms with Crippen LogP contribution in [0.4, 0.5) is 5.82 Å². The van der Waals surface area contributed by atoms with E-state index < -0.39 is 0 Å². The van der Waals surface area contributed by atoms with Gasteiger partial charge in [0.1, 0.15) is 17.1 Å². The van der Waals surface area contributed by atoms with Crippen molar-refractivity contribution in [1.82, 2.24) is 15.4 Å². The van der Waals surface area contributed by atoms with Crippen LogP contribution in [-0.2, 0) is 0 Å². The van der Waals surface area contributed by atoms with Gasteiger partial charge in [-0.1, -0.05) is 0 Å². The number of amides is 1. The van der Waals surface area contributed by atoms with Gasteiger partial charge in [-0.25, -0.2) is 15.8 Å². The van der Waals surface area contributed by atoms with E-state index in [1.807, 2.05) is 24.3 Å². The number of nitrogens with two attached hydrogens (primary N) is 1. The summed E-state index contributed by atoms with van der Waals surface area (Å²) in [4.78, 5) is 23.0. The highest BCUT2D eigenvalue weighted by atomic mass is 16.5. The molecular formula is C16H19N5O2. The zero-order chi connectivity index (χ0) is 16.2. The maximum absolute atomic E-state index is 12.0. The first-order valence-electron chi connectivity index (χ1n) is 7.50. The number of anilines is 1. The maximum atomic E-state index is 12.0. The monoisotopic (exact) mass is 313 g/mol. The molecule has 0 spiro atoms. The lowest BCUT2D eigenvalue weighted by Crippen LogP contribution is -2.33. The number of hydrogen-bond acceptors (Lipinski definition) is 6. The third kappa shape index (κ3) is 3.09. The molecule has 0 aliphatic carbocycles. The van der Waals surface area contributed by atoms with E-state index in [9.17, 15) is 4.79 Å². The van der Waals surface area contributed by atoms with Crippen LogP contribution in [0.25, 0.3) is 11.4 Å². The molecule has 1 amide bonds. The quantitative estimate of drug-likeness (QED) is 0.503. The first kappa shape index (κ1) is 15.2. The van der Waals surface area contributed by atoms with Gasteiger partial charge in [-0.3, -0.25) is 10.2 Å². The van der Waals surface area contributed by atoms with Gasteiger partial charge in [-0.2, -0.15) is 0 Å². The number of hydrogen-bond donors (Lipinski definition) is 2. The second kappa shape index (κ2) is 6.62. The molecule has 0 saturated carbocycles. The van der Waals surface area contributed by atoms with Gasteiger partial charge >= 0.3 is 0 Å². The smallest absolute Gasteiger partial charge is 0.270 e. The fourth-order valence-corrected chi connectivity index (χ4v) is 2.66. The Bertz CT molecular complexity index is 696. The van der Waals surface area contributed by atoms with Crippen LogP contribution in [0.1, 0.15) is 23.2 Å². The Hall–Kier alpha value is -2.67. The Labute approximate surface area is 134 Å². The topological polar surface area (TPSA) is 93.4 Å². The molecule has 7 nitrogen and oxygen atoms in total. The second-order valence-corrected chi connectivity index (χ2v) is 5.33. The van der Waals surface area contributed by atoms with Crippen molar-refractivity contribution in [2.75, 3.05) is 25.1 Å². The molecule has 3 rings (SSSR count). The van der Waals surface area contributed by atoms with Crippen LogP contribution < -0.4 is 20.9 Å². The molecule has 2 aromatic rings. The number of nitrogens with zero attached hydrogens (tertiary/aromatic N) is 3. The van der Waals surface area contributed by atoms with Crippen LogP contribution in [0.5, 0.6) is 5.75 Å². The van der Waals surface area contributed by atoms with Crippen molar-refractivity contribution in [2.45, 2.75) is 12.8 Å². The molecule has 3 N–H and O–H groups in total. The van der Waals surface area contributed by atoms with Crippen molar-refractivity contribution in [3.8, 4) is 17.1 Å². The van der Waals surface area contributed by atoms with E-state index in [1.54, 1.807) is 7.11 Å². The number of aromatic nitrogens is 2. The van der Waals surface area contributed by atoms with E-state index in [4.69, 9.17) is 10.6 Å². The standard InChI is InChI=1S/C16H19N5O2/c1-23-12-6-4-11(5-7-12)14-18-10-13(16(22)20-17)15(19-14)21-8-2-3-9-21/h4-7,10H,2-3,8-9,17H2,1H3,(H,20,22).